The normalized spacial score (nSPS) is 22.5. The molecule has 0 radical (unpaired) electrons. The van der Waals surface area contributed by atoms with Crippen LogP contribution in [-0.4, -0.2) is 16.4 Å². The van der Waals surface area contributed by atoms with Crippen LogP contribution in [-0.2, 0) is 11.0 Å². The zero-order valence-corrected chi connectivity index (χ0v) is 16.9. The second-order valence-corrected chi connectivity index (χ2v) is 8.22. The van der Waals surface area contributed by atoms with Crippen LogP contribution in [0.2, 0.25) is 0 Å². The molecule has 2 N–H and O–H groups in total. The molecule has 0 spiro atoms. The fourth-order valence-electron chi connectivity index (χ4n) is 3.52. The molecule has 2 atom stereocenters. The maximum atomic E-state index is 13.0. The number of thioether (sulfide) groups is 1. The van der Waals surface area contributed by atoms with Gasteiger partial charge in [0.05, 0.1) is 16.7 Å². The predicted octanol–water partition coefficient (Wildman–Crippen LogP) is 4.87. The number of furan rings is 2. The first-order valence-corrected chi connectivity index (χ1v) is 10.2. The van der Waals surface area contributed by atoms with Gasteiger partial charge in [0.2, 0.25) is 0 Å². The molecule has 2 saturated heterocycles. The molecule has 0 aliphatic carbocycles. The van der Waals surface area contributed by atoms with Crippen molar-refractivity contribution in [3.05, 3.63) is 76.3 Å². The minimum absolute atomic E-state index is 0.219. The number of alkyl halides is 3. The summed E-state index contributed by atoms with van der Waals surface area (Å²) in [6.07, 6.45) is -1.49. The Morgan fingerprint density at radius 3 is 2.74 bits per heavy atom. The van der Waals surface area contributed by atoms with Crippen LogP contribution in [0.1, 0.15) is 28.8 Å². The lowest BCUT2D eigenvalue weighted by molar-refractivity contribution is -0.137. The van der Waals surface area contributed by atoms with Crippen molar-refractivity contribution in [1.29, 1.82) is 0 Å². The van der Waals surface area contributed by atoms with Gasteiger partial charge in [-0.15, -0.1) is 0 Å². The highest BCUT2D eigenvalue weighted by Crippen LogP contribution is 2.39. The fraction of sp³-hybridized carbons (Fsp3) is 0.190. The maximum Gasteiger partial charge on any atom is 0.416 e. The van der Waals surface area contributed by atoms with Gasteiger partial charge in [-0.3, -0.25) is 10.1 Å². The molecule has 2 unspecified atom stereocenters. The minimum Gasteiger partial charge on any atom is -0.469 e. The molecule has 0 bridgehead atoms. The fourth-order valence-corrected chi connectivity index (χ4v) is 4.61. The average Bonchev–Trinajstić information content (AvgIpc) is 3.49. The number of aryl methyl sites for hydroxylation is 1. The van der Waals surface area contributed by atoms with E-state index >= 15 is 0 Å². The van der Waals surface area contributed by atoms with Crippen molar-refractivity contribution in [2.45, 2.75) is 24.8 Å². The van der Waals surface area contributed by atoms with Crippen LogP contribution in [0.3, 0.4) is 0 Å². The van der Waals surface area contributed by atoms with E-state index in [0.29, 0.717) is 22.0 Å². The molecule has 4 heterocycles. The monoisotopic (exact) mass is 447 g/mol. The first kappa shape index (κ1) is 20.0. The van der Waals surface area contributed by atoms with E-state index in [2.05, 4.69) is 10.7 Å². The third kappa shape index (κ3) is 3.67. The van der Waals surface area contributed by atoms with E-state index in [1.807, 2.05) is 13.0 Å². The third-order valence-electron chi connectivity index (χ3n) is 5.06. The molecule has 160 valence electrons. The number of fused-ring (bicyclic) bond motifs is 1. The molecule has 10 heteroatoms. The summed E-state index contributed by atoms with van der Waals surface area (Å²) in [7, 11) is 0. The van der Waals surface area contributed by atoms with E-state index in [0.717, 1.165) is 23.5 Å². The number of benzene rings is 1. The minimum atomic E-state index is -4.43. The smallest absolute Gasteiger partial charge is 0.416 e. The van der Waals surface area contributed by atoms with Gasteiger partial charge < -0.3 is 8.83 Å². The topological polar surface area (TPSA) is 70.7 Å². The number of nitrogens with zero attached hydrogens (tertiary/aromatic N) is 1. The number of carbonyl (C=O) groups excluding carboxylic acids is 1. The average molecular weight is 447 g/mol. The Labute approximate surface area is 179 Å². The van der Waals surface area contributed by atoms with Gasteiger partial charge in [-0.2, -0.15) is 13.2 Å². The Balaban J connectivity index is 1.33. The van der Waals surface area contributed by atoms with E-state index in [9.17, 15) is 18.0 Å². The van der Waals surface area contributed by atoms with Gasteiger partial charge in [-0.05, 0) is 37.3 Å². The van der Waals surface area contributed by atoms with Crippen LogP contribution in [0.25, 0.3) is 17.4 Å². The van der Waals surface area contributed by atoms with Crippen molar-refractivity contribution in [3.8, 4) is 11.3 Å². The molecular formula is C21H16F3N3O3S. The zero-order chi connectivity index (χ0) is 21.8. The molecule has 3 aromatic rings. The third-order valence-corrected chi connectivity index (χ3v) is 6.18. The highest BCUT2D eigenvalue weighted by molar-refractivity contribution is 8.05. The first-order valence-electron chi connectivity index (χ1n) is 9.35. The second-order valence-electron chi connectivity index (χ2n) is 7.10. The van der Waals surface area contributed by atoms with Gasteiger partial charge in [-0.25, -0.2) is 10.4 Å². The van der Waals surface area contributed by atoms with Crippen LogP contribution >= 0.6 is 11.8 Å². The molecule has 6 nitrogen and oxygen atoms in total. The Morgan fingerprint density at radius 1 is 1.19 bits per heavy atom. The van der Waals surface area contributed by atoms with Crippen molar-refractivity contribution in [2.24, 2.45) is 0 Å². The first-order chi connectivity index (χ1) is 14.8. The molecule has 2 fully saturated rings. The Morgan fingerprint density at radius 2 is 2.03 bits per heavy atom. The number of rotatable bonds is 3. The summed E-state index contributed by atoms with van der Waals surface area (Å²) in [5, 5.41) is 4.82. The van der Waals surface area contributed by atoms with Gasteiger partial charge in [0.15, 0.2) is 5.50 Å². The Kier molecular flexibility index (Phi) is 4.72. The van der Waals surface area contributed by atoms with Crippen molar-refractivity contribution in [2.75, 3.05) is 0 Å². The van der Waals surface area contributed by atoms with Crippen molar-refractivity contribution >= 4 is 23.7 Å². The Hall–Kier alpha value is -2.95. The molecule has 5 rings (SSSR count). The maximum absolute atomic E-state index is 13.0. The highest BCUT2D eigenvalue weighted by Gasteiger charge is 2.44. The van der Waals surface area contributed by atoms with Crippen LogP contribution in [0, 0.1) is 6.92 Å². The van der Waals surface area contributed by atoms with Gasteiger partial charge in [0.25, 0.3) is 5.91 Å². The summed E-state index contributed by atoms with van der Waals surface area (Å²) < 4.78 is 49.9. The summed E-state index contributed by atoms with van der Waals surface area (Å²) in [6.45, 7) is 1.85. The van der Waals surface area contributed by atoms with Gasteiger partial charge >= 0.3 is 6.18 Å². The lowest BCUT2D eigenvalue weighted by atomic mass is 10.1. The van der Waals surface area contributed by atoms with Crippen molar-refractivity contribution in [3.63, 3.8) is 0 Å². The van der Waals surface area contributed by atoms with E-state index in [4.69, 9.17) is 8.83 Å². The van der Waals surface area contributed by atoms with E-state index in [1.165, 1.54) is 22.8 Å². The lowest BCUT2D eigenvalue weighted by Crippen LogP contribution is -2.37. The quantitative estimate of drug-likeness (QED) is 0.558. The predicted molar refractivity (Wildman–Crippen MR) is 108 cm³/mol. The van der Waals surface area contributed by atoms with E-state index in [1.54, 1.807) is 30.5 Å². The zero-order valence-electron chi connectivity index (χ0n) is 16.1. The molecule has 2 aromatic heterocycles. The van der Waals surface area contributed by atoms with Crippen LogP contribution in [0.15, 0.2) is 62.5 Å². The van der Waals surface area contributed by atoms with Gasteiger partial charge in [0.1, 0.15) is 23.4 Å². The number of carbonyl (C=O) groups is 1. The van der Waals surface area contributed by atoms with Crippen molar-refractivity contribution < 1.29 is 26.8 Å². The van der Waals surface area contributed by atoms with E-state index < -0.39 is 11.7 Å². The molecular weight excluding hydrogens is 431 g/mol. The number of hydrogen-bond donors (Lipinski definition) is 2. The summed E-state index contributed by atoms with van der Waals surface area (Å²) in [6, 6.07) is 9.97. The van der Waals surface area contributed by atoms with Crippen LogP contribution in [0.4, 0.5) is 13.2 Å². The summed E-state index contributed by atoms with van der Waals surface area (Å²) >= 11 is 1.33. The highest BCUT2D eigenvalue weighted by atomic mass is 32.2. The summed E-state index contributed by atoms with van der Waals surface area (Å²) in [5.74, 6) is 1.22. The molecule has 2 aliphatic heterocycles. The van der Waals surface area contributed by atoms with Crippen LogP contribution < -0.4 is 10.7 Å². The van der Waals surface area contributed by atoms with Crippen molar-refractivity contribution in [1.82, 2.24) is 15.8 Å². The number of hydrogen-bond acceptors (Lipinski definition) is 6. The SMILES string of the molecule is Cc1occc1C1NC2S/C(=C\c3ccc(-c4cccc(C(F)(F)F)c4)o3)C(=O)N2N1. The standard InChI is InChI=1S/C21H16F3N3O3S/c1-11-15(7-8-29-11)18-25-20-27(26-18)19(28)17(31-20)10-14-5-6-16(30-14)12-3-2-4-13(9-12)21(22,23)24/h2-10,18,20,25-26H,1H3/b17-10-. The van der Waals surface area contributed by atoms with E-state index in [-0.39, 0.29) is 17.6 Å². The van der Waals surface area contributed by atoms with Gasteiger partial charge in [-0.1, -0.05) is 23.9 Å². The molecule has 31 heavy (non-hydrogen) atoms. The molecule has 0 saturated carbocycles. The number of amides is 1. The number of nitrogens with one attached hydrogen (secondary N) is 2. The van der Waals surface area contributed by atoms with Gasteiger partial charge in [0, 0.05) is 17.2 Å². The second kappa shape index (κ2) is 7.33. The Bertz CT molecular complexity index is 1180. The molecule has 1 amide bonds. The van der Waals surface area contributed by atoms with Crippen LogP contribution in [0.5, 0.6) is 0 Å². The number of halogens is 3. The molecule has 2 aliphatic rings. The molecule has 1 aromatic carbocycles. The largest absolute Gasteiger partial charge is 0.469 e. The summed E-state index contributed by atoms with van der Waals surface area (Å²) in [4.78, 5) is 13.2. The number of hydrazine groups is 1. The summed E-state index contributed by atoms with van der Waals surface area (Å²) in [5.41, 5.74) is 3.32. The lowest BCUT2D eigenvalue weighted by Gasteiger charge is -2.13.